The van der Waals surface area contributed by atoms with E-state index in [2.05, 4.69) is 6.92 Å². The van der Waals surface area contributed by atoms with Gasteiger partial charge in [-0.2, -0.15) is 0 Å². The summed E-state index contributed by atoms with van der Waals surface area (Å²) in [5.74, 6) is 2.64. The molecule has 1 fully saturated rings. The fourth-order valence-corrected chi connectivity index (χ4v) is 1.42. The summed E-state index contributed by atoms with van der Waals surface area (Å²) in [5, 5.41) is 0. The lowest BCUT2D eigenvalue weighted by atomic mass is 9.76. The Morgan fingerprint density at radius 2 is 2.29 bits per heavy atom. The van der Waals surface area contributed by atoms with Crippen LogP contribution in [0.5, 0.6) is 0 Å². The second kappa shape index (κ2) is 2.04. The molecule has 1 rings (SSSR count). The molecule has 1 saturated carbocycles. The van der Waals surface area contributed by atoms with Crippen molar-refractivity contribution in [1.82, 2.24) is 0 Å². The molecule has 0 spiro atoms. The third kappa shape index (κ3) is 0.908. The van der Waals surface area contributed by atoms with Crippen molar-refractivity contribution in [3.8, 4) is 0 Å². The Morgan fingerprint density at radius 1 is 1.57 bits per heavy atom. The van der Waals surface area contributed by atoms with Gasteiger partial charge in [-0.15, -0.1) is 11.6 Å². The Labute approximate surface area is 49.9 Å². The third-order valence-corrected chi connectivity index (χ3v) is 2.39. The van der Waals surface area contributed by atoms with Crippen LogP contribution in [-0.4, -0.2) is 5.88 Å². The smallest absolute Gasteiger partial charge is 0.0254 e. The van der Waals surface area contributed by atoms with E-state index in [0.29, 0.717) is 0 Å². The number of alkyl halides is 1. The molecule has 0 saturated heterocycles. The second-order valence-corrected chi connectivity index (χ2v) is 2.78. The standard InChI is InChI=1S/C6H11Cl/c1-5-2-3-6(5)4-7/h5-6H,2-4H2,1H3. The first-order chi connectivity index (χ1) is 3.34. The molecule has 0 aromatic carbocycles. The summed E-state index contributed by atoms with van der Waals surface area (Å²) in [6.07, 6.45) is 2.77. The number of hydrogen-bond acceptors (Lipinski definition) is 0. The van der Waals surface area contributed by atoms with Gasteiger partial charge in [-0.05, 0) is 18.3 Å². The van der Waals surface area contributed by atoms with Crippen LogP contribution >= 0.6 is 11.6 Å². The lowest BCUT2D eigenvalue weighted by Crippen LogP contribution is -2.23. The minimum atomic E-state index is 0.849. The van der Waals surface area contributed by atoms with E-state index in [-0.39, 0.29) is 0 Å². The van der Waals surface area contributed by atoms with Crippen LogP contribution in [0.3, 0.4) is 0 Å². The molecule has 0 amide bonds. The number of halogens is 1. The fourth-order valence-electron chi connectivity index (χ4n) is 0.965. The summed E-state index contributed by atoms with van der Waals surface area (Å²) in [6, 6.07) is 0. The Balaban J connectivity index is 2.16. The average Bonchev–Trinajstić information content (AvgIpc) is 1.65. The SMILES string of the molecule is CC1CCC1CCl. The third-order valence-electron chi connectivity index (χ3n) is 2.00. The first-order valence-electron chi connectivity index (χ1n) is 2.90. The van der Waals surface area contributed by atoms with E-state index in [1.807, 2.05) is 0 Å². The van der Waals surface area contributed by atoms with Crippen molar-refractivity contribution in [2.75, 3.05) is 5.88 Å². The van der Waals surface area contributed by atoms with Crippen LogP contribution in [0.15, 0.2) is 0 Å². The van der Waals surface area contributed by atoms with Crippen molar-refractivity contribution in [3.05, 3.63) is 0 Å². The molecule has 2 unspecified atom stereocenters. The summed E-state index contributed by atoms with van der Waals surface area (Å²) in [4.78, 5) is 0. The normalized spacial score (nSPS) is 40.3. The van der Waals surface area contributed by atoms with E-state index in [1.54, 1.807) is 0 Å². The van der Waals surface area contributed by atoms with Crippen molar-refractivity contribution in [3.63, 3.8) is 0 Å². The summed E-state index contributed by atoms with van der Waals surface area (Å²) >= 11 is 5.60. The van der Waals surface area contributed by atoms with Gasteiger partial charge in [0.2, 0.25) is 0 Å². The molecule has 0 aliphatic heterocycles. The van der Waals surface area contributed by atoms with Crippen molar-refractivity contribution >= 4 is 11.6 Å². The second-order valence-electron chi connectivity index (χ2n) is 2.47. The summed E-state index contributed by atoms with van der Waals surface area (Å²) in [6.45, 7) is 2.27. The quantitative estimate of drug-likeness (QED) is 0.464. The van der Waals surface area contributed by atoms with Gasteiger partial charge in [0.1, 0.15) is 0 Å². The van der Waals surface area contributed by atoms with Crippen molar-refractivity contribution in [2.24, 2.45) is 11.8 Å². The fraction of sp³-hybridized carbons (Fsp3) is 1.00. The summed E-state index contributed by atoms with van der Waals surface area (Å²) in [5.41, 5.74) is 0. The molecule has 1 aliphatic rings. The van der Waals surface area contributed by atoms with Gasteiger partial charge in [0.25, 0.3) is 0 Å². The van der Waals surface area contributed by atoms with Crippen LogP contribution < -0.4 is 0 Å². The van der Waals surface area contributed by atoms with Crippen LogP contribution in [0.1, 0.15) is 19.8 Å². The highest BCUT2D eigenvalue weighted by atomic mass is 35.5. The molecule has 1 heteroatoms. The van der Waals surface area contributed by atoms with Gasteiger partial charge < -0.3 is 0 Å². The predicted octanol–water partition coefficient (Wildman–Crippen LogP) is 2.27. The van der Waals surface area contributed by atoms with E-state index in [1.165, 1.54) is 12.8 Å². The predicted molar refractivity (Wildman–Crippen MR) is 32.6 cm³/mol. The molecule has 1 aliphatic carbocycles. The first kappa shape index (κ1) is 5.43. The maximum Gasteiger partial charge on any atom is 0.0254 e. The number of hydrogen-bond donors (Lipinski definition) is 0. The largest absolute Gasteiger partial charge is 0.126 e. The summed E-state index contributed by atoms with van der Waals surface area (Å²) < 4.78 is 0. The van der Waals surface area contributed by atoms with E-state index < -0.39 is 0 Å². The van der Waals surface area contributed by atoms with Crippen molar-refractivity contribution in [1.29, 1.82) is 0 Å². The summed E-state index contributed by atoms with van der Waals surface area (Å²) in [7, 11) is 0. The maximum absolute atomic E-state index is 5.60. The highest BCUT2D eigenvalue weighted by molar-refractivity contribution is 6.18. The molecule has 0 bridgehead atoms. The number of rotatable bonds is 1. The molecule has 0 aromatic rings. The zero-order valence-electron chi connectivity index (χ0n) is 4.65. The molecule has 7 heavy (non-hydrogen) atoms. The monoisotopic (exact) mass is 118 g/mol. The Hall–Kier alpha value is 0.290. The minimum Gasteiger partial charge on any atom is -0.126 e. The maximum atomic E-state index is 5.60. The molecule has 0 aromatic heterocycles. The highest BCUT2D eigenvalue weighted by Gasteiger charge is 2.24. The lowest BCUT2D eigenvalue weighted by Gasteiger charge is -2.31. The molecule has 0 radical (unpaired) electrons. The molecular formula is C6H11Cl. The van der Waals surface area contributed by atoms with Gasteiger partial charge in [-0.3, -0.25) is 0 Å². The van der Waals surface area contributed by atoms with Gasteiger partial charge in [-0.1, -0.05) is 13.3 Å². The van der Waals surface area contributed by atoms with Crippen LogP contribution in [0, 0.1) is 11.8 Å². The van der Waals surface area contributed by atoms with Crippen LogP contribution in [0.4, 0.5) is 0 Å². The van der Waals surface area contributed by atoms with Gasteiger partial charge >= 0.3 is 0 Å². The highest BCUT2D eigenvalue weighted by Crippen LogP contribution is 2.33. The van der Waals surface area contributed by atoms with Crippen LogP contribution in [0.25, 0.3) is 0 Å². The Kier molecular flexibility index (Phi) is 1.58. The lowest BCUT2D eigenvalue weighted by molar-refractivity contribution is 0.223. The Morgan fingerprint density at radius 3 is 2.29 bits per heavy atom. The van der Waals surface area contributed by atoms with Crippen molar-refractivity contribution < 1.29 is 0 Å². The van der Waals surface area contributed by atoms with Crippen molar-refractivity contribution in [2.45, 2.75) is 19.8 Å². The molecule has 0 N–H and O–H groups in total. The van der Waals surface area contributed by atoms with E-state index in [4.69, 9.17) is 11.6 Å². The molecule has 2 atom stereocenters. The molecule has 0 nitrogen and oxygen atoms in total. The topological polar surface area (TPSA) is 0 Å². The van der Waals surface area contributed by atoms with Gasteiger partial charge in [-0.25, -0.2) is 0 Å². The van der Waals surface area contributed by atoms with Gasteiger partial charge in [0, 0.05) is 5.88 Å². The first-order valence-corrected chi connectivity index (χ1v) is 3.44. The van der Waals surface area contributed by atoms with E-state index in [0.717, 1.165) is 17.7 Å². The van der Waals surface area contributed by atoms with E-state index in [9.17, 15) is 0 Å². The zero-order chi connectivity index (χ0) is 5.28. The van der Waals surface area contributed by atoms with Crippen LogP contribution in [0.2, 0.25) is 0 Å². The van der Waals surface area contributed by atoms with E-state index >= 15 is 0 Å². The Bertz CT molecular complexity index is 59.2. The zero-order valence-corrected chi connectivity index (χ0v) is 5.41. The van der Waals surface area contributed by atoms with Gasteiger partial charge in [0.15, 0.2) is 0 Å². The average molecular weight is 119 g/mol. The minimum absolute atomic E-state index is 0.849. The molecular weight excluding hydrogens is 108 g/mol. The molecule has 0 heterocycles. The van der Waals surface area contributed by atoms with Gasteiger partial charge in [0.05, 0.1) is 0 Å². The molecule has 42 valence electrons. The van der Waals surface area contributed by atoms with Crippen LogP contribution in [-0.2, 0) is 0 Å².